The Morgan fingerprint density at radius 1 is 1.12 bits per heavy atom. The number of hydrogen-bond donors (Lipinski definition) is 1. The lowest BCUT2D eigenvalue weighted by Crippen LogP contribution is -2.15. The molecule has 90 valence electrons. The Labute approximate surface area is 108 Å². The van der Waals surface area contributed by atoms with E-state index in [-0.39, 0.29) is 0 Å². The molecule has 0 spiro atoms. The average molecular weight is 284 g/mol. The number of rotatable bonds is 4. The summed E-state index contributed by atoms with van der Waals surface area (Å²) in [6, 6.07) is 4.81. The van der Waals surface area contributed by atoms with Crippen LogP contribution >= 0.6 is 15.9 Å². The molecule has 1 aromatic carbocycles. The third kappa shape index (κ3) is 3.60. The Bertz CT molecular complexity index is 358. The Hall–Kier alpha value is -0.340. The van der Waals surface area contributed by atoms with Crippen LogP contribution in [-0.4, -0.2) is 6.04 Å². The molecule has 2 atom stereocenters. The maximum absolute atomic E-state index is 5.80. The topological polar surface area (TPSA) is 26.0 Å². The fourth-order valence-electron chi connectivity index (χ4n) is 1.85. The maximum Gasteiger partial charge on any atom is 0.0212 e. The van der Waals surface area contributed by atoms with Crippen LogP contribution in [0.2, 0.25) is 0 Å². The van der Waals surface area contributed by atoms with Gasteiger partial charge in [0, 0.05) is 10.5 Å². The maximum atomic E-state index is 5.80. The minimum atomic E-state index is 0.299. The highest BCUT2D eigenvalue weighted by atomic mass is 79.9. The number of aryl methyl sites for hydroxylation is 2. The van der Waals surface area contributed by atoms with E-state index in [4.69, 9.17) is 5.73 Å². The molecule has 0 aliphatic heterocycles. The summed E-state index contributed by atoms with van der Waals surface area (Å²) in [5.74, 6) is 0.569. The quantitative estimate of drug-likeness (QED) is 0.876. The molecule has 0 radical (unpaired) electrons. The van der Waals surface area contributed by atoms with Crippen LogP contribution in [0.1, 0.15) is 49.3 Å². The first-order chi connectivity index (χ1) is 7.41. The van der Waals surface area contributed by atoms with E-state index >= 15 is 0 Å². The third-order valence-electron chi connectivity index (χ3n) is 3.20. The predicted octanol–water partition coefficient (Wildman–Crippen LogP) is 4.30. The molecule has 2 heteroatoms. The summed E-state index contributed by atoms with van der Waals surface area (Å²) in [7, 11) is 0. The molecule has 1 rings (SSSR count). The predicted molar refractivity (Wildman–Crippen MR) is 74.9 cm³/mol. The summed E-state index contributed by atoms with van der Waals surface area (Å²) >= 11 is 3.66. The van der Waals surface area contributed by atoms with Crippen molar-refractivity contribution in [2.75, 3.05) is 0 Å². The van der Waals surface area contributed by atoms with E-state index in [1.165, 1.54) is 21.2 Å². The second-order valence-electron chi connectivity index (χ2n) is 4.91. The molecule has 2 N–H and O–H groups in total. The smallest absolute Gasteiger partial charge is 0.0212 e. The fraction of sp³-hybridized carbons (Fsp3) is 0.571. The molecule has 0 aliphatic carbocycles. The van der Waals surface area contributed by atoms with Crippen molar-refractivity contribution in [1.29, 1.82) is 0 Å². The molecule has 0 aliphatic rings. The molecule has 1 nitrogen and oxygen atoms in total. The Balaban J connectivity index is 2.82. The normalized spacial score (nSPS) is 14.9. The highest BCUT2D eigenvalue weighted by molar-refractivity contribution is 9.10. The summed E-state index contributed by atoms with van der Waals surface area (Å²) in [6.07, 6.45) is 2.24. The number of benzene rings is 1. The van der Waals surface area contributed by atoms with Crippen molar-refractivity contribution in [2.45, 2.75) is 52.5 Å². The molecule has 0 amide bonds. The van der Waals surface area contributed by atoms with Gasteiger partial charge in [0.05, 0.1) is 0 Å². The van der Waals surface area contributed by atoms with Gasteiger partial charge in [-0.1, -0.05) is 28.9 Å². The van der Waals surface area contributed by atoms with Gasteiger partial charge in [-0.15, -0.1) is 0 Å². The first-order valence-corrected chi connectivity index (χ1v) is 6.73. The van der Waals surface area contributed by atoms with Gasteiger partial charge in [0.15, 0.2) is 0 Å². The zero-order valence-electron chi connectivity index (χ0n) is 10.7. The Morgan fingerprint density at radius 3 is 2.25 bits per heavy atom. The van der Waals surface area contributed by atoms with Gasteiger partial charge >= 0.3 is 0 Å². The zero-order chi connectivity index (χ0) is 12.3. The summed E-state index contributed by atoms with van der Waals surface area (Å²) in [5.41, 5.74) is 9.91. The van der Waals surface area contributed by atoms with Crippen LogP contribution in [0, 0.1) is 13.8 Å². The lowest BCUT2D eigenvalue weighted by molar-refractivity contribution is 0.567. The molecule has 0 saturated heterocycles. The molecule has 0 saturated carbocycles. The van der Waals surface area contributed by atoms with E-state index < -0.39 is 0 Å². The van der Waals surface area contributed by atoms with Crippen LogP contribution in [0.15, 0.2) is 16.6 Å². The largest absolute Gasteiger partial charge is 0.328 e. The van der Waals surface area contributed by atoms with E-state index in [0.29, 0.717) is 12.0 Å². The van der Waals surface area contributed by atoms with Gasteiger partial charge in [0.1, 0.15) is 0 Å². The SMILES string of the molecule is Cc1cc(Br)c(C(C)CCC(C)N)cc1C. The lowest BCUT2D eigenvalue weighted by atomic mass is 9.92. The number of hydrogen-bond acceptors (Lipinski definition) is 1. The van der Waals surface area contributed by atoms with Crippen LogP contribution in [0.25, 0.3) is 0 Å². The summed E-state index contributed by atoms with van der Waals surface area (Å²) in [5, 5.41) is 0. The van der Waals surface area contributed by atoms with Crippen molar-refractivity contribution in [3.63, 3.8) is 0 Å². The third-order valence-corrected chi connectivity index (χ3v) is 3.89. The summed E-state index contributed by atoms with van der Waals surface area (Å²) in [4.78, 5) is 0. The monoisotopic (exact) mass is 283 g/mol. The van der Waals surface area contributed by atoms with Gasteiger partial charge in [-0.2, -0.15) is 0 Å². The van der Waals surface area contributed by atoms with Crippen molar-refractivity contribution >= 4 is 15.9 Å². The van der Waals surface area contributed by atoms with E-state index in [0.717, 1.165) is 12.8 Å². The van der Waals surface area contributed by atoms with Crippen molar-refractivity contribution in [1.82, 2.24) is 0 Å². The van der Waals surface area contributed by atoms with Gasteiger partial charge in [0.2, 0.25) is 0 Å². The van der Waals surface area contributed by atoms with E-state index in [2.05, 4.69) is 55.8 Å². The van der Waals surface area contributed by atoms with Crippen LogP contribution < -0.4 is 5.73 Å². The molecule has 0 bridgehead atoms. The second kappa shape index (κ2) is 5.83. The molecule has 2 unspecified atom stereocenters. The molecule has 0 heterocycles. The lowest BCUT2D eigenvalue weighted by Gasteiger charge is -2.17. The van der Waals surface area contributed by atoms with Crippen LogP contribution in [0.5, 0.6) is 0 Å². The van der Waals surface area contributed by atoms with Gasteiger partial charge in [-0.25, -0.2) is 0 Å². The Morgan fingerprint density at radius 2 is 1.69 bits per heavy atom. The van der Waals surface area contributed by atoms with Gasteiger partial charge in [-0.05, 0) is 62.3 Å². The van der Waals surface area contributed by atoms with Crippen molar-refractivity contribution < 1.29 is 0 Å². The van der Waals surface area contributed by atoms with Gasteiger partial charge in [-0.3, -0.25) is 0 Å². The average Bonchev–Trinajstić information content (AvgIpc) is 2.20. The highest BCUT2D eigenvalue weighted by Gasteiger charge is 2.11. The highest BCUT2D eigenvalue weighted by Crippen LogP contribution is 2.30. The number of halogens is 1. The minimum Gasteiger partial charge on any atom is -0.328 e. The van der Waals surface area contributed by atoms with Crippen molar-refractivity contribution in [2.24, 2.45) is 5.73 Å². The van der Waals surface area contributed by atoms with E-state index in [9.17, 15) is 0 Å². The fourth-order valence-corrected chi connectivity index (χ4v) is 2.70. The minimum absolute atomic E-state index is 0.299. The zero-order valence-corrected chi connectivity index (χ0v) is 12.3. The van der Waals surface area contributed by atoms with Gasteiger partial charge in [0.25, 0.3) is 0 Å². The molecule has 1 aromatic rings. The van der Waals surface area contributed by atoms with Crippen LogP contribution in [0.3, 0.4) is 0 Å². The molecule has 0 aromatic heterocycles. The Kier molecular flexibility index (Phi) is 5.00. The molecular formula is C14H22BrN. The summed E-state index contributed by atoms with van der Waals surface area (Å²) < 4.78 is 1.23. The standard InChI is InChI=1S/C14H22BrN/c1-9(5-6-12(4)16)13-7-10(2)11(3)8-14(13)15/h7-9,12H,5-6,16H2,1-4H3. The van der Waals surface area contributed by atoms with Crippen LogP contribution in [-0.2, 0) is 0 Å². The summed E-state index contributed by atoms with van der Waals surface area (Å²) in [6.45, 7) is 8.67. The number of nitrogens with two attached hydrogens (primary N) is 1. The van der Waals surface area contributed by atoms with Crippen molar-refractivity contribution in [3.8, 4) is 0 Å². The molecule has 0 fully saturated rings. The van der Waals surface area contributed by atoms with E-state index in [1.807, 2.05) is 0 Å². The van der Waals surface area contributed by atoms with E-state index in [1.54, 1.807) is 0 Å². The van der Waals surface area contributed by atoms with Gasteiger partial charge < -0.3 is 5.73 Å². The van der Waals surface area contributed by atoms with Crippen LogP contribution in [0.4, 0.5) is 0 Å². The molecule has 16 heavy (non-hydrogen) atoms. The first-order valence-electron chi connectivity index (χ1n) is 5.94. The first kappa shape index (κ1) is 13.7. The molecular weight excluding hydrogens is 262 g/mol. The second-order valence-corrected chi connectivity index (χ2v) is 5.77. The van der Waals surface area contributed by atoms with Crippen molar-refractivity contribution in [3.05, 3.63) is 33.3 Å².